The molecule has 0 amide bonds. The fourth-order valence-corrected chi connectivity index (χ4v) is 7.35. The fourth-order valence-electron chi connectivity index (χ4n) is 7.35. The SMILES string of the molecule is c1ccc(-c2nc(-n3c4ccccc4c4cc(-c5ccc6c7ccccc7n(-c7ccccc7)c6c5)ccc43)nc3ccccc23)cc1. The van der Waals surface area contributed by atoms with Crippen molar-refractivity contribution in [1.29, 1.82) is 0 Å². The molecule has 0 bridgehead atoms. The van der Waals surface area contributed by atoms with E-state index < -0.39 is 0 Å². The molecule has 0 atom stereocenters. The smallest absolute Gasteiger partial charge is 0.235 e. The van der Waals surface area contributed by atoms with Crippen LogP contribution in [0.2, 0.25) is 0 Å². The number of hydrogen-bond acceptors (Lipinski definition) is 2. The van der Waals surface area contributed by atoms with Crippen molar-refractivity contribution in [1.82, 2.24) is 19.1 Å². The van der Waals surface area contributed by atoms with Crippen LogP contribution in [0.25, 0.3) is 88.5 Å². The van der Waals surface area contributed by atoms with Gasteiger partial charge < -0.3 is 4.57 Å². The Morgan fingerprint density at radius 1 is 0.333 bits per heavy atom. The quantitative estimate of drug-likeness (QED) is 0.198. The Hall–Kier alpha value is -6.52. The first-order chi connectivity index (χ1) is 23.8. The van der Waals surface area contributed by atoms with E-state index in [9.17, 15) is 0 Å². The summed E-state index contributed by atoms with van der Waals surface area (Å²) in [6, 6.07) is 60.2. The molecule has 0 radical (unpaired) electrons. The van der Waals surface area contributed by atoms with Gasteiger partial charge in [-0.15, -0.1) is 0 Å². The highest BCUT2D eigenvalue weighted by molar-refractivity contribution is 6.12. The molecule has 224 valence electrons. The molecule has 3 heterocycles. The van der Waals surface area contributed by atoms with E-state index in [1.807, 2.05) is 12.1 Å². The summed E-state index contributed by atoms with van der Waals surface area (Å²) < 4.78 is 4.59. The summed E-state index contributed by atoms with van der Waals surface area (Å²) in [6.45, 7) is 0. The molecule has 0 N–H and O–H groups in total. The van der Waals surface area contributed by atoms with Crippen molar-refractivity contribution < 1.29 is 0 Å². The van der Waals surface area contributed by atoms with Crippen LogP contribution in [-0.2, 0) is 0 Å². The normalized spacial score (nSPS) is 11.8. The van der Waals surface area contributed by atoms with Crippen molar-refractivity contribution >= 4 is 54.5 Å². The summed E-state index contributed by atoms with van der Waals surface area (Å²) in [7, 11) is 0. The zero-order valence-electron chi connectivity index (χ0n) is 26.0. The van der Waals surface area contributed by atoms with E-state index in [1.165, 1.54) is 43.7 Å². The van der Waals surface area contributed by atoms with Gasteiger partial charge in [-0.25, -0.2) is 9.97 Å². The number of fused-ring (bicyclic) bond motifs is 7. The van der Waals surface area contributed by atoms with Crippen LogP contribution in [0, 0.1) is 0 Å². The van der Waals surface area contributed by atoms with Crippen LogP contribution in [0.3, 0.4) is 0 Å². The number of hydrogen-bond donors (Lipinski definition) is 0. The maximum atomic E-state index is 5.24. The van der Waals surface area contributed by atoms with E-state index in [0.717, 1.165) is 38.9 Å². The summed E-state index contributed by atoms with van der Waals surface area (Å²) in [5.74, 6) is 0.667. The zero-order valence-corrected chi connectivity index (χ0v) is 26.0. The number of benzene rings is 7. The first kappa shape index (κ1) is 26.7. The van der Waals surface area contributed by atoms with Crippen molar-refractivity contribution in [2.75, 3.05) is 0 Å². The molecule has 48 heavy (non-hydrogen) atoms. The monoisotopic (exact) mass is 612 g/mol. The summed E-state index contributed by atoms with van der Waals surface area (Å²) in [5.41, 5.74) is 11.0. The molecule has 0 spiro atoms. The minimum absolute atomic E-state index is 0.667. The second-order valence-corrected chi connectivity index (χ2v) is 12.3. The average molecular weight is 613 g/mol. The second-order valence-electron chi connectivity index (χ2n) is 12.3. The van der Waals surface area contributed by atoms with Crippen LogP contribution in [0.1, 0.15) is 0 Å². The molecular formula is C44H28N4. The number of rotatable bonds is 4. The molecular weight excluding hydrogens is 585 g/mol. The Morgan fingerprint density at radius 2 is 0.896 bits per heavy atom. The van der Waals surface area contributed by atoms with Crippen LogP contribution in [0.5, 0.6) is 0 Å². The molecule has 0 saturated carbocycles. The van der Waals surface area contributed by atoms with Gasteiger partial charge in [0.05, 0.1) is 33.3 Å². The molecule has 0 aliphatic heterocycles. The molecule has 7 aromatic carbocycles. The van der Waals surface area contributed by atoms with E-state index >= 15 is 0 Å². The predicted octanol–water partition coefficient (Wildman–Crippen LogP) is 11.2. The van der Waals surface area contributed by atoms with Crippen molar-refractivity contribution in [2.45, 2.75) is 0 Å². The van der Waals surface area contributed by atoms with Crippen LogP contribution in [0.15, 0.2) is 170 Å². The summed E-state index contributed by atoms with van der Waals surface area (Å²) >= 11 is 0. The molecule has 4 heteroatoms. The number of para-hydroxylation sites is 4. The summed E-state index contributed by atoms with van der Waals surface area (Å²) in [6.07, 6.45) is 0. The maximum Gasteiger partial charge on any atom is 0.235 e. The third-order valence-corrected chi connectivity index (χ3v) is 9.53. The topological polar surface area (TPSA) is 35.6 Å². The standard InChI is InChI=1S/C44H28N4/c1-3-13-29(14-4-1)43-36-19-7-10-20-38(36)45-44(46-43)48-40-22-12-9-18-34(40)37-27-30(24-26-41(37)48)31-23-25-35-33-17-8-11-21-39(33)47(42(35)28-31)32-15-5-2-6-16-32/h1-28H. The van der Waals surface area contributed by atoms with Gasteiger partial charge in [0.25, 0.3) is 0 Å². The van der Waals surface area contributed by atoms with Gasteiger partial charge in [-0.3, -0.25) is 4.57 Å². The van der Waals surface area contributed by atoms with E-state index in [2.05, 4.69) is 167 Å². The van der Waals surface area contributed by atoms with Gasteiger partial charge in [-0.05, 0) is 59.7 Å². The Kier molecular flexibility index (Phi) is 5.84. The highest BCUT2D eigenvalue weighted by atomic mass is 15.2. The number of aromatic nitrogens is 4. The number of nitrogens with zero attached hydrogens (tertiary/aromatic N) is 4. The first-order valence-corrected chi connectivity index (χ1v) is 16.3. The van der Waals surface area contributed by atoms with Crippen molar-refractivity contribution in [3.05, 3.63) is 170 Å². The lowest BCUT2D eigenvalue weighted by atomic mass is 10.0. The second kappa shape index (κ2) is 10.5. The first-order valence-electron chi connectivity index (χ1n) is 16.3. The molecule has 0 unspecified atom stereocenters. The summed E-state index contributed by atoms with van der Waals surface area (Å²) in [5, 5.41) is 5.89. The van der Waals surface area contributed by atoms with Gasteiger partial charge >= 0.3 is 0 Å². The lowest BCUT2D eigenvalue weighted by Crippen LogP contribution is -2.03. The molecule has 0 aliphatic rings. The Morgan fingerprint density at radius 3 is 1.69 bits per heavy atom. The van der Waals surface area contributed by atoms with E-state index in [-0.39, 0.29) is 0 Å². The minimum Gasteiger partial charge on any atom is -0.309 e. The molecule has 3 aromatic heterocycles. The third kappa shape index (κ3) is 4.03. The molecule has 0 fully saturated rings. The van der Waals surface area contributed by atoms with Gasteiger partial charge in [0.15, 0.2) is 0 Å². The van der Waals surface area contributed by atoms with Crippen LogP contribution >= 0.6 is 0 Å². The highest BCUT2D eigenvalue weighted by Gasteiger charge is 2.18. The average Bonchev–Trinajstić information content (AvgIpc) is 3.67. The van der Waals surface area contributed by atoms with Gasteiger partial charge in [-0.2, -0.15) is 0 Å². The van der Waals surface area contributed by atoms with E-state index in [0.29, 0.717) is 5.95 Å². The minimum atomic E-state index is 0.667. The Balaban J connectivity index is 1.20. The van der Waals surface area contributed by atoms with Crippen LogP contribution < -0.4 is 0 Å². The van der Waals surface area contributed by atoms with Crippen molar-refractivity contribution in [2.24, 2.45) is 0 Å². The Bertz CT molecular complexity index is 2830. The van der Waals surface area contributed by atoms with Crippen LogP contribution in [-0.4, -0.2) is 19.1 Å². The van der Waals surface area contributed by atoms with E-state index in [4.69, 9.17) is 9.97 Å². The van der Waals surface area contributed by atoms with Gasteiger partial charge in [0.1, 0.15) is 0 Å². The predicted molar refractivity (Wildman–Crippen MR) is 199 cm³/mol. The fraction of sp³-hybridized carbons (Fsp3) is 0. The molecule has 0 saturated heterocycles. The van der Waals surface area contributed by atoms with Crippen LogP contribution in [0.4, 0.5) is 0 Å². The summed E-state index contributed by atoms with van der Waals surface area (Å²) in [4.78, 5) is 10.4. The third-order valence-electron chi connectivity index (χ3n) is 9.53. The molecule has 10 rings (SSSR count). The van der Waals surface area contributed by atoms with Gasteiger partial charge in [-0.1, -0.05) is 121 Å². The molecule has 10 aromatic rings. The van der Waals surface area contributed by atoms with E-state index in [1.54, 1.807) is 0 Å². The lowest BCUT2D eigenvalue weighted by molar-refractivity contribution is 1.01. The molecule has 0 aliphatic carbocycles. The Labute approximate surface area is 276 Å². The van der Waals surface area contributed by atoms with Gasteiger partial charge in [0.2, 0.25) is 5.95 Å². The largest absolute Gasteiger partial charge is 0.309 e. The highest BCUT2D eigenvalue weighted by Crippen LogP contribution is 2.38. The van der Waals surface area contributed by atoms with Crippen molar-refractivity contribution in [3.8, 4) is 34.0 Å². The van der Waals surface area contributed by atoms with Crippen molar-refractivity contribution in [3.63, 3.8) is 0 Å². The zero-order chi connectivity index (χ0) is 31.6. The maximum absolute atomic E-state index is 5.24. The van der Waals surface area contributed by atoms with Gasteiger partial charge in [0, 0.05) is 38.2 Å². The lowest BCUT2D eigenvalue weighted by Gasteiger charge is -2.12. The molecule has 4 nitrogen and oxygen atoms in total.